The van der Waals surface area contributed by atoms with E-state index in [-0.39, 0.29) is 18.0 Å². The maximum absolute atomic E-state index is 10.4. The molecule has 0 radical (unpaired) electrons. The first-order valence-electron chi connectivity index (χ1n) is 5.81. The van der Waals surface area contributed by atoms with Gasteiger partial charge in [0.15, 0.2) is 0 Å². The number of aliphatic hydroxyl groups excluding tert-OH is 1. The smallest absolute Gasteiger partial charge is 0.404 e. The lowest BCUT2D eigenvalue weighted by Gasteiger charge is -2.28. The van der Waals surface area contributed by atoms with E-state index < -0.39 is 4.92 Å². The lowest BCUT2D eigenvalue weighted by atomic mass is 9.92. The van der Waals surface area contributed by atoms with Crippen LogP contribution in [0.4, 0.5) is 5.88 Å². The molecule has 0 aromatic carbocycles. The van der Waals surface area contributed by atoms with Crippen molar-refractivity contribution in [3.8, 4) is 0 Å². The molecule has 2 atom stereocenters. The molecule has 0 amide bonds. The molecular weight excluding hydrogens is 224 g/mol. The van der Waals surface area contributed by atoms with E-state index in [0.29, 0.717) is 12.3 Å². The van der Waals surface area contributed by atoms with E-state index >= 15 is 0 Å². The Labute approximate surface area is 98.8 Å². The van der Waals surface area contributed by atoms with Gasteiger partial charge in [-0.25, -0.2) is 0 Å². The summed E-state index contributed by atoms with van der Waals surface area (Å²) >= 11 is 0. The number of nitrogens with zero attached hydrogens (tertiary/aromatic N) is 1. The average molecular weight is 240 g/mol. The molecule has 94 valence electrons. The molecule has 1 aliphatic rings. The second-order valence-corrected chi connectivity index (χ2v) is 4.34. The Bertz CT molecular complexity index is 391. The van der Waals surface area contributed by atoms with E-state index in [1.54, 1.807) is 6.07 Å². The van der Waals surface area contributed by atoms with Crippen molar-refractivity contribution < 1.29 is 14.4 Å². The van der Waals surface area contributed by atoms with Gasteiger partial charge in [0.05, 0.1) is 18.7 Å². The minimum Gasteiger partial charge on any atom is -0.404 e. The van der Waals surface area contributed by atoms with Crippen LogP contribution in [0.3, 0.4) is 0 Å². The Hall–Kier alpha value is -1.40. The van der Waals surface area contributed by atoms with E-state index in [9.17, 15) is 15.2 Å². The van der Waals surface area contributed by atoms with Crippen molar-refractivity contribution in [1.29, 1.82) is 0 Å². The molecular formula is C11H16N2O4. The zero-order valence-electron chi connectivity index (χ0n) is 9.46. The maximum Gasteiger partial charge on any atom is 0.433 e. The fraction of sp³-hybridized carbons (Fsp3) is 0.636. The first-order chi connectivity index (χ1) is 8.16. The van der Waals surface area contributed by atoms with Crippen molar-refractivity contribution >= 4 is 5.88 Å². The second kappa shape index (κ2) is 5.29. The van der Waals surface area contributed by atoms with E-state index in [1.807, 2.05) is 0 Å². The number of rotatable bonds is 4. The van der Waals surface area contributed by atoms with Gasteiger partial charge >= 0.3 is 5.88 Å². The van der Waals surface area contributed by atoms with Gasteiger partial charge in [-0.05, 0) is 18.9 Å². The molecule has 6 nitrogen and oxygen atoms in total. The standard InChI is InChI=1S/C11H16N2O4/c14-10-4-2-1-3-9(10)12-7-8-5-6-11(17-8)13(15)16/h5-6,9-10,12,14H,1-4,7H2. The van der Waals surface area contributed by atoms with Gasteiger partial charge in [0.2, 0.25) is 0 Å². The van der Waals surface area contributed by atoms with Crippen LogP contribution < -0.4 is 5.32 Å². The SMILES string of the molecule is O=[N+]([O-])c1ccc(CNC2CCCCC2O)o1. The van der Waals surface area contributed by atoms with E-state index in [4.69, 9.17) is 4.42 Å². The van der Waals surface area contributed by atoms with E-state index in [2.05, 4.69) is 5.32 Å². The highest BCUT2D eigenvalue weighted by Gasteiger charge is 2.22. The lowest BCUT2D eigenvalue weighted by molar-refractivity contribution is -0.402. The minimum atomic E-state index is -0.557. The molecule has 1 aromatic rings. The third kappa shape index (κ3) is 3.04. The molecule has 1 saturated carbocycles. The third-order valence-corrected chi connectivity index (χ3v) is 3.10. The van der Waals surface area contributed by atoms with Gasteiger partial charge in [-0.15, -0.1) is 0 Å². The molecule has 0 bridgehead atoms. The average Bonchev–Trinajstić information content (AvgIpc) is 2.77. The van der Waals surface area contributed by atoms with Gasteiger partial charge in [-0.1, -0.05) is 12.8 Å². The number of hydrogen-bond acceptors (Lipinski definition) is 5. The lowest BCUT2D eigenvalue weighted by Crippen LogP contribution is -2.41. The summed E-state index contributed by atoms with van der Waals surface area (Å²) in [5, 5.41) is 23.3. The van der Waals surface area contributed by atoms with Crippen LogP contribution in [-0.4, -0.2) is 22.2 Å². The summed E-state index contributed by atoms with van der Waals surface area (Å²) in [4.78, 5) is 9.87. The quantitative estimate of drug-likeness (QED) is 0.616. The minimum absolute atomic E-state index is 0.0629. The highest BCUT2D eigenvalue weighted by atomic mass is 16.6. The molecule has 17 heavy (non-hydrogen) atoms. The van der Waals surface area contributed by atoms with Gasteiger partial charge in [-0.3, -0.25) is 10.1 Å². The van der Waals surface area contributed by atoms with Crippen molar-refractivity contribution in [3.63, 3.8) is 0 Å². The monoisotopic (exact) mass is 240 g/mol. The Morgan fingerprint density at radius 3 is 2.88 bits per heavy atom. The molecule has 1 aromatic heterocycles. The number of hydrogen-bond donors (Lipinski definition) is 2. The van der Waals surface area contributed by atoms with Crippen molar-refractivity contribution in [2.45, 2.75) is 44.4 Å². The molecule has 1 fully saturated rings. The summed E-state index contributed by atoms with van der Waals surface area (Å²) in [5.41, 5.74) is 0. The fourth-order valence-corrected chi connectivity index (χ4v) is 2.14. The normalized spacial score (nSPS) is 24.8. The highest BCUT2D eigenvalue weighted by molar-refractivity contribution is 5.17. The third-order valence-electron chi connectivity index (χ3n) is 3.10. The second-order valence-electron chi connectivity index (χ2n) is 4.34. The summed E-state index contributed by atoms with van der Waals surface area (Å²) in [6.45, 7) is 0.412. The zero-order valence-corrected chi connectivity index (χ0v) is 9.46. The van der Waals surface area contributed by atoms with Crippen molar-refractivity contribution in [3.05, 3.63) is 28.0 Å². The van der Waals surface area contributed by atoms with Crippen LogP contribution in [0.5, 0.6) is 0 Å². The molecule has 0 spiro atoms. The summed E-state index contributed by atoms with van der Waals surface area (Å²) in [5.74, 6) is 0.278. The molecule has 2 rings (SSSR count). The Balaban J connectivity index is 1.86. The van der Waals surface area contributed by atoms with Crippen molar-refractivity contribution in [1.82, 2.24) is 5.32 Å². The van der Waals surface area contributed by atoms with Crippen LogP contribution >= 0.6 is 0 Å². The largest absolute Gasteiger partial charge is 0.433 e. The molecule has 1 aliphatic carbocycles. The Morgan fingerprint density at radius 2 is 2.24 bits per heavy atom. The van der Waals surface area contributed by atoms with Crippen LogP contribution in [0.2, 0.25) is 0 Å². The van der Waals surface area contributed by atoms with Crippen LogP contribution in [0, 0.1) is 10.1 Å². The van der Waals surface area contributed by atoms with Crippen molar-refractivity contribution in [2.24, 2.45) is 0 Å². The fourth-order valence-electron chi connectivity index (χ4n) is 2.14. The molecule has 0 saturated heterocycles. The summed E-state index contributed by atoms with van der Waals surface area (Å²) in [7, 11) is 0. The van der Waals surface area contributed by atoms with Crippen LogP contribution in [0.1, 0.15) is 31.4 Å². The Kier molecular flexibility index (Phi) is 3.75. The van der Waals surface area contributed by atoms with E-state index in [0.717, 1.165) is 25.7 Å². The highest BCUT2D eigenvalue weighted by Crippen LogP contribution is 2.20. The number of nitro groups is 1. The molecule has 2 N–H and O–H groups in total. The molecule has 6 heteroatoms. The predicted molar refractivity (Wildman–Crippen MR) is 60.5 cm³/mol. The van der Waals surface area contributed by atoms with Gasteiger partial charge in [0.25, 0.3) is 0 Å². The van der Waals surface area contributed by atoms with Crippen molar-refractivity contribution in [2.75, 3.05) is 0 Å². The molecule has 0 aliphatic heterocycles. The number of furan rings is 1. The first kappa shape index (κ1) is 12.1. The zero-order chi connectivity index (χ0) is 12.3. The predicted octanol–water partition coefficient (Wildman–Crippen LogP) is 1.58. The topological polar surface area (TPSA) is 88.5 Å². The number of nitrogens with one attached hydrogen (secondary N) is 1. The molecule has 2 unspecified atom stereocenters. The van der Waals surface area contributed by atoms with Gasteiger partial charge in [0.1, 0.15) is 10.7 Å². The molecule has 1 heterocycles. The van der Waals surface area contributed by atoms with Crippen LogP contribution in [0.15, 0.2) is 16.5 Å². The number of aliphatic hydroxyl groups is 1. The summed E-state index contributed by atoms with van der Waals surface area (Å²) in [6.07, 6.45) is 3.59. The van der Waals surface area contributed by atoms with Gasteiger partial charge in [0, 0.05) is 6.04 Å². The van der Waals surface area contributed by atoms with Crippen LogP contribution in [0.25, 0.3) is 0 Å². The maximum atomic E-state index is 10.4. The first-order valence-corrected chi connectivity index (χ1v) is 5.81. The van der Waals surface area contributed by atoms with Gasteiger partial charge < -0.3 is 14.8 Å². The van der Waals surface area contributed by atoms with Gasteiger partial charge in [-0.2, -0.15) is 0 Å². The summed E-state index contributed by atoms with van der Waals surface area (Å²) in [6, 6.07) is 2.99. The summed E-state index contributed by atoms with van der Waals surface area (Å²) < 4.78 is 5.03. The Morgan fingerprint density at radius 1 is 1.47 bits per heavy atom. The van der Waals surface area contributed by atoms with Crippen LogP contribution in [-0.2, 0) is 6.54 Å². The van der Waals surface area contributed by atoms with E-state index in [1.165, 1.54) is 6.07 Å².